The highest BCUT2D eigenvalue weighted by Gasteiger charge is 2.74. The van der Waals surface area contributed by atoms with Crippen LogP contribution in [0.1, 0.15) is 41.5 Å². The van der Waals surface area contributed by atoms with Gasteiger partial charge in [-0.1, -0.05) is 6.07 Å². The summed E-state index contributed by atoms with van der Waals surface area (Å²) >= 11 is 0. The van der Waals surface area contributed by atoms with E-state index in [1.54, 1.807) is 30.2 Å². The maximum absolute atomic E-state index is 14.0. The Hall–Kier alpha value is -3.81. The number of likely N-dealkylation sites (N-methyl/N-ethyl adjacent to an activating group) is 1. The summed E-state index contributed by atoms with van der Waals surface area (Å²) in [5.74, 6) is 0.688. The predicted octanol–water partition coefficient (Wildman–Crippen LogP) is 4.39. The topological polar surface area (TPSA) is 110 Å². The maximum Gasteiger partial charge on any atom is 0.416 e. The van der Waals surface area contributed by atoms with Crippen LogP contribution in [-0.4, -0.2) is 73.1 Å². The number of ether oxygens (including phenoxy) is 2. The molecule has 1 amide bonds. The molecular formula is C32H31F3N2O7S. The van der Waals surface area contributed by atoms with E-state index in [9.17, 15) is 31.5 Å². The fourth-order valence-electron chi connectivity index (χ4n) is 8.08. The number of amides is 1. The average molecular weight is 645 g/mol. The molecule has 1 N–H and O–H groups in total. The van der Waals surface area contributed by atoms with E-state index in [1.165, 1.54) is 30.0 Å². The Morgan fingerprint density at radius 1 is 1.16 bits per heavy atom. The van der Waals surface area contributed by atoms with Crippen molar-refractivity contribution in [3.8, 4) is 11.5 Å². The van der Waals surface area contributed by atoms with Crippen LogP contribution in [0.15, 0.2) is 70.4 Å². The number of hydrogen-bond acceptors (Lipinski definition) is 7. The van der Waals surface area contributed by atoms with Gasteiger partial charge in [-0.2, -0.15) is 17.5 Å². The van der Waals surface area contributed by atoms with Crippen LogP contribution < -0.4 is 9.47 Å². The van der Waals surface area contributed by atoms with Crippen LogP contribution in [-0.2, 0) is 32.8 Å². The summed E-state index contributed by atoms with van der Waals surface area (Å²) < 4.78 is 86.3. The van der Waals surface area contributed by atoms with Crippen LogP contribution in [0.2, 0.25) is 0 Å². The van der Waals surface area contributed by atoms with Crippen molar-refractivity contribution in [3.63, 3.8) is 0 Å². The Morgan fingerprint density at radius 3 is 2.58 bits per heavy atom. The molecule has 2 fully saturated rings. The molecule has 3 aromatic rings. The lowest BCUT2D eigenvalue weighted by Gasteiger charge is -2.64. The third-order valence-corrected chi connectivity index (χ3v) is 12.1. The van der Waals surface area contributed by atoms with Crippen LogP contribution in [0, 0.1) is 0 Å². The second kappa shape index (κ2) is 10.1. The first-order chi connectivity index (χ1) is 21.3. The molecule has 238 valence electrons. The number of carbonyl (C=O) groups excluding carboxylic acids is 1. The third kappa shape index (κ3) is 4.20. The summed E-state index contributed by atoms with van der Waals surface area (Å²) in [7, 11) is -1.09. The van der Waals surface area contributed by atoms with E-state index in [-0.39, 0.29) is 36.6 Å². The van der Waals surface area contributed by atoms with E-state index in [0.29, 0.717) is 17.9 Å². The first kappa shape index (κ1) is 29.9. The number of halogens is 3. The molecule has 0 radical (unpaired) electrons. The highest BCUT2D eigenvalue weighted by Crippen LogP contribution is 2.66. The molecule has 2 aromatic carbocycles. The predicted molar refractivity (Wildman–Crippen MR) is 155 cm³/mol. The zero-order valence-corrected chi connectivity index (χ0v) is 25.3. The van der Waals surface area contributed by atoms with Gasteiger partial charge >= 0.3 is 6.18 Å². The summed E-state index contributed by atoms with van der Waals surface area (Å²) in [4.78, 5) is 14.7. The summed E-state index contributed by atoms with van der Waals surface area (Å²) in [6.07, 6.45) is 1.62. The van der Waals surface area contributed by atoms with Gasteiger partial charge in [-0.3, -0.25) is 4.79 Å². The number of piperidine rings is 1. The second-order valence-electron chi connectivity index (χ2n) is 12.1. The van der Waals surface area contributed by atoms with E-state index >= 15 is 0 Å². The Kier molecular flexibility index (Phi) is 6.70. The molecule has 13 heteroatoms. The third-order valence-electron chi connectivity index (χ3n) is 10.2. The van der Waals surface area contributed by atoms with E-state index < -0.39 is 51.0 Å². The minimum absolute atomic E-state index is 0.00292. The lowest BCUT2D eigenvalue weighted by Crippen LogP contribution is -2.78. The number of carbonyl (C=O) groups is 1. The largest absolute Gasteiger partial charge is 0.493 e. The van der Waals surface area contributed by atoms with Gasteiger partial charge in [0.2, 0.25) is 15.9 Å². The number of benzene rings is 2. The minimum Gasteiger partial charge on any atom is -0.493 e. The number of alkyl halides is 3. The smallest absolute Gasteiger partial charge is 0.416 e. The molecule has 2 bridgehead atoms. The quantitative estimate of drug-likeness (QED) is 0.397. The maximum atomic E-state index is 14.0. The molecule has 9 nitrogen and oxygen atoms in total. The van der Waals surface area contributed by atoms with Gasteiger partial charge in [0.25, 0.3) is 0 Å². The van der Waals surface area contributed by atoms with Crippen molar-refractivity contribution in [2.24, 2.45) is 0 Å². The molecule has 2 aliphatic carbocycles. The SMILES string of the molecule is COc1ccc2c3c1O[C@H]1[C@H](N(C)C(=O)/C=C/c4ccoc4)CC[C@@]4(O)[C@@H](C2)N(S(=O)(=O)c2ccc(C(F)(F)F)cc2)CC[C@]314. The molecule has 1 spiro atoms. The van der Waals surface area contributed by atoms with Crippen molar-refractivity contribution in [2.45, 2.75) is 66.0 Å². The van der Waals surface area contributed by atoms with Crippen LogP contribution >= 0.6 is 0 Å². The number of hydrogen-bond donors (Lipinski definition) is 1. The molecule has 1 saturated carbocycles. The van der Waals surface area contributed by atoms with Gasteiger partial charge in [-0.15, -0.1) is 0 Å². The van der Waals surface area contributed by atoms with Gasteiger partial charge in [-0.25, -0.2) is 8.42 Å². The molecule has 7 rings (SSSR count). The Labute approximate surface area is 257 Å². The summed E-state index contributed by atoms with van der Waals surface area (Å²) in [6.45, 7) is -0.00292. The van der Waals surface area contributed by atoms with E-state index in [4.69, 9.17) is 13.9 Å². The van der Waals surface area contributed by atoms with Crippen molar-refractivity contribution in [1.29, 1.82) is 0 Å². The molecule has 4 aliphatic rings. The summed E-state index contributed by atoms with van der Waals surface area (Å²) in [5.41, 5.74) is -1.31. The van der Waals surface area contributed by atoms with E-state index in [1.807, 2.05) is 6.07 Å². The van der Waals surface area contributed by atoms with Crippen molar-refractivity contribution in [2.75, 3.05) is 20.7 Å². The van der Waals surface area contributed by atoms with Crippen LogP contribution in [0.5, 0.6) is 11.5 Å². The van der Waals surface area contributed by atoms with Gasteiger partial charge in [0.05, 0.1) is 53.2 Å². The Morgan fingerprint density at radius 2 is 1.91 bits per heavy atom. The van der Waals surface area contributed by atoms with Crippen molar-refractivity contribution < 1.29 is 45.4 Å². The minimum atomic E-state index is -4.61. The van der Waals surface area contributed by atoms with Gasteiger partial charge in [0.1, 0.15) is 6.10 Å². The highest BCUT2D eigenvalue weighted by molar-refractivity contribution is 7.89. The zero-order valence-electron chi connectivity index (χ0n) is 24.5. The Bertz CT molecular complexity index is 1790. The first-order valence-electron chi connectivity index (χ1n) is 14.6. The van der Waals surface area contributed by atoms with Gasteiger partial charge < -0.3 is 23.9 Å². The number of furan rings is 1. The number of rotatable bonds is 6. The van der Waals surface area contributed by atoms with Crippen LogP contribution in [0.25, 0.3) is 6.08 Å². The van der Waals surface area contributed by atoms with E-state index in [2.05, 4.69) is 0 Å². The molecular weight excluding hydrogens is 613 g/mol. The number of aliphatic hydroxyl groups is 1. The first-order valence-corrected chi connectivity index (χ1v) is 16.0. The van der Waals surface area contributed by atoms with Crippen molar-refractivity contribution >= 4 is 22.0 Å². The lowest BCUT2D eigenvalue weighted by molar-refractivity contribution is -0.186. The van der Waals surface area contributed by atoms with Crippen molar-refractivity contribution in [3.05, 3.63) is 83.3 Å². The number of nitrogens with zero attached hydrogens (tertiary/aromatic N) is 2. The molecule has 2 aliphatic heterocycles. The molecule has 1 saturated heterocycles. The van der Waals surface area contributed by atoms with E-state index in [0.717, 1.165) is 41.0 Å². The summed E-state index contributed by atoms with van der Waals surface area (Å²) in [5, 5.41) is 12.8. The summed E-state index contributed by atoms with van der Waals surface area (Å²) in [6, 6.07) is 7.36. The zero-order chi connectivity index (χ0) is 31.9. The van der Waals surface area contributed by atoms with Gasteiger partial charge in [0.15, 0.2) is 11.5 Å². The molecule has 3 heterocycles. The monoisotopic (exact) mass is 644 g/mol. The fraction of sp³-hybridized carbons (Fsp3) is 0.406. The standard InChI is InChI=1S/C32H31F3N2O7S/c1-36(26(38)10-3-19-12-16-43-18-19)23-11-13-31(39)25-17-20-4-9-24(42-2)28-27(20)30(31,29(23)44-28)14-15-37(25)45(40,41)22-7-5-21(6-8-22)32(33,34)35/h3-10,12,16,18,23,25,29,39H,11,13-15,17H2,1-2H3/b10-3+/t23-,25-,29+,30+,31-/m1/s1. The molecule has 45 heavy (non-hydrogen) atoms. The molecule has 0 unspecified atom stereocenters. The average Bonchev–Trinajstić information content (AvgIpc) is 3.65. The number of sulfonamides is 1. The fourth-order valence-corrected chi connectivity index (χ4v) is 9.75. The van der Waals surface area contributed by atoms with Crippen molar-refractivity contribution in [1.82, 2.24) is 9.21 Å². The molecule has 5 atom stereocenters. The molecule has 1 aromatic heterocycles. The van der Waals surface area contributed by atoms with Gasteiger partial charge in [-0.05, 0) is 73.7 Å². The lowest BCUT2D eigenvalue weighted by atomic mass is 9.48. The highest BCUT2D eigenvalue weighted by atomic mass is 32.2. The second-order valence-corrected chi connectivity index (χ2v) is 14.0. The van der Waals surface area contributed by atoms with Crippen LogP contribution in [0.4, 0.5) is 13.2 Å². The van der Waals surface area contributed by atoms with Crippen LogP contribution in [0.3, 0.4) is 0 Å². The normalized spacial score (nSPS) is 28.9. The van der Waals surface area contributed by atoms with Gasteiger partial charge in [0, 0.05) is 30.8 Å². The Balaban J connectivity index is 1.29. The number of methoxy groups -OCH3 is 1.